The molecule has 1 aliphatic rings. The van der Waals surface area contributed by atoms with Gasteiger partial charge in [0.2, 0.25) is 0 Å². The maximum absolute atomic E-state index is 10.9. The van der Waals surface area contributed by atoms with Crippen molar-refractivity contribution in [3.05, 3.63) is 29.3 Å². The van der Waals surface area contributed by atoms with Crippen molar-refractivity contribution in [3.63, 3.8) is 0 Å². The maximum Gasteiger partial charge on any atom is 0.336 e. The Morgan fingerprint density at radius 1 is 1.57 bits per heavy atom. The third-order valence-corrected chi connectivity index (χ3v) is 2.44. The van der Waals surface area contributed by atoms with E-state index in [2.05, 4.69) is 5.32 Å². The molecule has 0 bridgehead atoms. The average molecular weight is 193 g/mol. The van der Waals surface area contributed by atoms with E-state index in [4.69, 9.17) is 10.2 Å². The summed E-state index contributed by atoms with van der Waals surface area (Å²) in [5, 5.41) is 20.9. The van der Waals surface area contributed by atoms with Crippen molar-refractivity contribution in [2.75, 3.05) is 11.9 Å². The first-order chi connectivity index (χ1) is 6.72. The Morgan fingerprint density at radius 3 is 3.00 bits per heavy atom. The van der Waals surface area contributed by atoms with Crippen LogP contribution in [0.1, 0.15) is 15.9 Å². The summed E-state index contributed by atoms with van der Waals surface area (Å²) in [5.41, 5.74) is 1.94. The number of anilines is 1. The van der Waals surface area contributed by atoms with E-state index in [1.165, 1.54) is 0 Å². The highest BCUT2D eigenvalue weighted by Crippen LogP contribution is 2.28. The molecular formula is C10H11NO3. The molecule has 1 heterocycles. The Morgan fingerprint density at radius 2 is 2.36 bits per heavy atom. The van der Waals surface area contributed by atoms with Crippen molar-refractivity contribution in [2.24, 2.45) is 0 Å². The molecule has 74 valence electrons. The van der Waals surface area contributed by atoms with Crippen LogP contribution in [0.5, 0.6) is 0 Å². The monoisotopic (exact) mass is 193 g/mol. The number of nitrogens with one attached hydrogen (secondary N) is 1. The lowest BCUT2D eigenvalue weighted by atomic mass is 10.0. The van der Waals surface area contributed by atoms with E-state index >= 15 is 0 Å². The van der Waals surface area contributed by atoms with Gasteiger partial charge in [-0.1, -0.05) is 6.07 Å². The van der Waals surface area contributed by atoms with Gasteiger partial charge in [-0.15, -0.1) is 0 Å². The minimum absolute atomic E-state index is 0.0216. The van der Waals surface area contributed by atoms with Crippen LogP contribution in [0.2, 0.25) is 0 Å². The fraction of sp³-hybridized carbons (Fsp3) is 0.300. The standard InChI is InChI=1S/C10H11NO3/c12-5-6-4-8-7(10(13)14)2-1-3-9(8)11-6/h1-3,6,11-12H,4-5H2,(H,13,14)/t6-/m0/s1. The zero-order valence-electron chi connectivity index (χ0n) is 7.53. The third-order valence-electron chi connectivity index (χ3n) is 2.44. The lowest BCUT2D eigenvalue weighted by Gasteiger charge is -2.04. The van der Waals surface area contributed by atoms with Crippen LogP contribution in [-0.2, 0) is 6.42 Å². The van der Waals surface area contributed by atoms with Gasteiger partial charge in [0.15, 0.2) is 0 Å². The molecular weight excluding hydrogens is 182 g/mol. The number of fused-ring (bicyclic) bond motifs is 1. The summed E-state index contributed by atoms with van der Waals surface area (Å²) in [7, 11) is 0. The second kappa shape index (κ2) is 3.31. The molecule has 2 rings (SSSR count). The fourth-order valence-corrected chi connectivity index (χ4v) is 1.77. The van der Waals surface area contributed by atoms with E-state index in [0.717, 1.165) is 11.3 Å². The van der Waals surface area contributed by atoms with Crippen molar-refractivity contribution in [1.29, 1.82) is 0 Å². The van der Waals surface area contributed by atoms with Gasteiger partial charge in [-0.05, 0) is 24.1 Å². The molecule has 0 radical (unpaired) electrons. The average Bonchev–Trinajstić information content (AvgIpc) is 2.59. The van der Waals surface area contributed by atoms with Crippen molar-refractivity contribution in [1.82, 2.24) is 0 Å². The minimum atomic E-state index is -0.915. The quantitative estimate of drug-likeness (QED) is 0.647. The third kappa shape index (κ3) is 1.33. The lowest BCUT2D eigenvalue weighted by molar-refractivity contribution is 0.0696. The van der Waals surface area contributed by atoms with Crippen LogP contribution in [0.25, 0.3) is 0 Å². The smallest absolute Gasteiger partial charge is 0.336 e. The van der Waals surface area contributed by atoms with Crippen LogP contribution in [0.15, 0.2) is 18.2 Å². The Labute approximate surface area is 81.2 Å². The van der Waals surface area contributed by atoms with E-state index in [1.54, 1.807) is 12.1 Å². The number of benzene rings is 1. The van der Waals surface area contributed by atoms with E-state index in [-0.39, 0.29) is 12.6 Å². The van der Waals surface area contributed by atoms with E-state index < -0.39 is 5.97 Å². The van der Waals surface area contributed by atoms with Crippen LogP contribution in [0.4, 0.5) is 5.69 Å². The van der Waals surface area contributed by atoms with Gasteiger partial charge in [-0.2, -0.15) is 0 Å². The van der Waals surface area contributed by atoms with E-state index in [1.807, 2.05) is 6.07 Å². The van der Waals surface area contributed by atoms with Gasteiger partial charge in [-0.3, -0.25) is 0 Å². The summed E-state index contributed by atoms with van der Waals surface area (Å²) < 4.78 is 0. The highest BCUT2D eigenvalue weighted by Gasteiger charge is 2.24. The van der Waals surface area contributed by atoms with E-state index in [9.17, 15) is 4.79 Å². The Balaban J connectivity index is 2.41. The molecule has 1 aromatic carbocycles. The van der Waals surface area contributed by atoms with Gasteiger partial charge in [0.1, 0.15) is 0 Å². The van der Waals surface area contributed by atoms with Crippen LogP contribution in [0.3, 0.4) is 0 Å². The Kier molecular flexibility index (Phi) is 2.13. The van der Waals surface area contributed by atoms with Crippen LogP contribution in [-0.4, -0.2) is 28.8 Å². The predicted octanol–water partition coefficient (Wildman–Crippen LogP) is 0.714. The van der Waals surface area contributed by atoms with Crippen LogP contribution < -0.4 is 5.32 Å². The molecule has 1 aromatic rings. The molecule has 0 saturated carbocycles. The van der Waals surface area contributed by atoms with Crippen LogP contribution in [0, 0.1) is 0 Å². The van der Waals surface area contributed by atoms with Gasteiger partial charge in [0, 0.05) is 5.69 Å². The number of aliphatic hydroxyl groups is 1. The number of aromatic carboxylic acids is 1. The number of carboxylic acid groups (broad SMARTS) is 1. The first-order valence-corrected chi connectivity index (χ1v) is 4.45. The number of carboxylic acids is 1. The predicted molar refractivity (Wildman–Crippen MR) is 51.6 cm³/mol. The molecule has 3 N–H and O–H groups in total. The lowest BCUT2D eigenvalue weighted by Crippen LogP contribution is -2.19. The maximum atomic E-state index is 10.9. The molecule has 0 amide bonds. The highest BCUT2D eigenvalue weighted by molar-refractivity contribution is 5.92. The molecule has 0 spiro atoms. The minimum Gasteiger partial charge on any atom is -0.478 e. The summed E-state index contributed by atoms with van der Waals surface area (Å²) in [6.45, 7) is 0.0216. The molecule has 1 atom stereocenters. The normalized spacial score (nSPS) is 18.8. The fourth-order valence-electron chi connectivity index (χ4n) is 1.77. The molecule has 0 unspecified atom stereocenters. The zero-order chi connectivity index (χ0) is 10.1. The van der Waals surface area contributed by atoms with Crippen molar-refractivity contribution >= 4 is 11.7 Å². The van der Waals surface area contributed by atoms with Gasteiger partial charge in [0.25, 0.3) is 0 Å². The highest BCUT2D eigenvalue weighted by atomic mass is 16.4. The molecule has 1 aliphatic heterocycles. The number of hydrogen-bond donors (Lipinski definition) is 3. The van der Waals surface area contributed by atoms with Gasteiger partial charge in [0.05, 0.1) is 18.2 Å². The zero-order valence-corrected chi connectivity index (χ0v) is 7.53. The largest absolute Gasteiger partial charge is 0.478 e. The van der Waals surface area contributed by atoms with Crippen LogP contribution >= 0.6 is 0 Å². The molecule has 0 fully saturated rings. The summed E-state index contributed by atoms with van der Waals surface area (Å²) in [6, 6.07) is 5.07. The molecule has 0 saturated heterocycles. The SMILES string of the molecule is O=C(O)c1cccc2c1C[C@@H](CO)N2. The van der Waals surface area contributed by atoms with Crippen molar-refractivity contribution in [2.45, 2.75) is 12.5 Å². The molecule has 14 heavy (non-hydrogen) atoms. The van der Waals surface area contributed by atoms with Crippen molar-refractivity contribution in [3.8, 4) is 0 Å². The summed E-state index contributed by atoms with van der Waals surface area (Å²) in [6.07, 6.45) is 0.578. The number of hydrogen-bond acceptors (Lipinski definition) is 3. The topological polar surface area (TPSA) is 69.6 Å². The number of rotatable bonds is 2. The molecule has 4 heteroatoms. The van der Waals surface area contributed by atoms with Crippen molar-refractivity contribution < 1.29 is 15.0 Å². The first-order valence-electron chi connectivity index (χ1n) is 4.45. The number of carbonyl (C=O) groups is 1. The summed E-state index contributed by atoms with van der Waals surface area (Å²) >= 11 is 0. The second-order valence-corrected chi connectivity index (χ2v) is 3.36. The number of aliphatic hydroxyl groups excluding tert-OH is 1. The summed E-state index contributed by atoms with van der Waals surface area (Å²) in [4.78, 5) is 10.9. The molecule has 0 aromatic heterocycles. The Hall–Kier alpha value is -1.55. The second-order valence-electron chi connectivity index (χ2n) is 3.36. The Bertz CT molecular complexity index is 376. The van der Waals surface area contributed by atoms with Gasteiger partial charge < -0.3 is 15.5 Å². The molecule has 0 aliphatic carbocycles. The van der Waals surface area contributed by atoms with Gasteiger partial charge in [-0.25, -0.2) is 4.79 Å². The van der Waals surface area contributed by atoms with E-state index in [0.29, 0.717) is 12.0 Å². The summed E-state index contributed by atoms with van der Waals surface area (Å²) in [5.74, 6) is -0.915. The molecule has 4 nitrogen and oxygen atoms in total. The first kappa shape index (κ1) is 9.02. The van der Waals surface area contributed by atoms with Gasteiger partial charge >= 0.3 is 5.97 Å².